The summed E-state index contributed by atoms with van der Waals surface area (Å²) in [6.07, 6.45) is 5.27. The normalized spacial score (nSPS) is 27.5. The SMILES string of the molecule is CCCCNC(=O)C1CCCC1N. The number of nitrogens with one attached hydrogen (secondary N) is 1. The quantitative estimate of drug-likeness (QED) is 0.641. The Hall–Kier alpha value is -0.570. The van der Waals surface area contributed by atoms with Gasteiger partial charge in [0.05, 0.1) is 5.92 Å². The van der Waals surface area contributed by atoms with Crippen LogP contribution >= 0.6 is 0 Å². The van der Waals surface area contributed by atoms with E-state index < -0.39 is 0 Å². The molecule has 1 fully saturated rings. The smallest absolute Gasteiger partial charge is 0.224 e. The Morgan fingerprint density at radius 3 is 2.85 bits per heavy atom. The number of hydrogen-bond donors (Lipinski definition) is 2. The lowest BCUT2D eigenvalue weighted by Gasteiger charge is -2.14. The molecule has 76 valence electrons. The Bertz CT molecular complexity index is 170. The van der Waals surface area contributed by atoms with Crippen LogP contribution in [0.3, 0.4) is 0 Å². The van der Waals surface area contributed by atoms with Crippen molar-refractivity contribution in [3.05, 3.63) is 0 Å². The monoisotopic (exact) mass is 184 g/mol. The second kappa shape index (κ2) is 5.22. The lowest BCUT2D eigenvalue weighted by Crippen LogP contribution is -2.38. The highest BCUT2D eigenvalue weighted by molar-refractivity contribution is 5.79. The van der Waals surface area contributed by atoms with E-state index in [0.717, 1.165) is 38.6 Å². The molecule has 0 spiro atoms. The minimum absolute atomic E-state index is 0.0804. The van der Waals surface area contributed by atoms with E-state index in [1.54, 1.807) is 0 Å². The van der Waals surface area contributed by atoms with Gasteiger partial charge in [-0.25, -0.2) is 0 Å². The Morgan fingerprint density at radius 2 is 2.31 bits per heavy atom. The molecule has 1 aliphatic rings. The molecule has 0 bridgehead atoms. The molecule has 0 saturated heterocycles. The fraction of sp³-hybridized carbons (Fsp3) is 0.900. The van der Waals surface area contributed by atoms with Crippen LogP contribution in [0.1, 0.15) is 39.0 Å². The molecule has 1 amide bonds. The predicted octanol–water partition coefficient (Wildman–Crippen LogP) is 1.03. The molecule has 3 N–H and O–H groups in total. The second-order valence-corrected chi connectivity index (χ2v) is 3.85. The van der Waals surface area contributed by atoms with E-state index in [0.29, 0.717) is 0 Å². The van der Waals surface area contributed by atoms with E-state index >= 15 is 0 Å². The highest BCUT2D eigenvalue weighted by Crippen LogP contribution is 2.23. The first kappa shape index (κ1) is 10.5. The molecule has 1 rings (SSSR count). The summed E-state index contributed by atoms with van der Waals surface area (Å²) >= 11 is 0. The van der Waals surface area contributed by atoms with Crippen LogP contribution in [-0.4, -0.2) is 18.5 Å². The van der Waals surface area contributed by atoms with Crippen molar-refractivity contribution in [3.8, 4) is 0 Å². The summed E-state index contributed by atoms with van der Waals surface area (Å²) in [6.45, 7) is 2.92. The number of carbonyl (C=O) groups excluding carboxylic acids is 1. The van der Waals surface area contributed by atoms with Gasteiger partial charge >= 0.3 is 0 Å². The molecule has 1 saturated carbocycles. The third kappa shape index (κ3) is 2.99. The summed E-state index contributed by atoms with van der Waals surface area (Å²) in [5, 5.41) is 2.94. The van der Waals surface area contributed by atoms with Gasteiger partial charge in [0.25, 0.3) is 0 Å². The molecular weight excluding hydrogens is 164 g/mol. The van der Waals surface area contributed by atoms with Gasteiger partial charge in [-0.15, -0.1) is 0 Å². The van der Waals surface area contributed by atoms with E-state index in [9.17, 15) is 4.79 Å². The topological polar surface area (TPSA) is 55.1 Å². The number of rotatable bonds is 4. The van der Waals surface area contributed by atoms with E-state index in [1.165, 1.54) is 0 Å². The zero-order chi connectivity index (χ0) is 9.68. The number of nitrogens with two attached hydrogens (primary N) is 1. The summed E-state index contributed by atoms with van der Waals surface area (Å²) < 4.78 is 0. The van der Waals surface area contributed by atoms with Crippen molar-refractivity contribution in [2.75, 3.05) is 6.54 Å². The third-order valence-corrected chi connectivity index (χ3v) is 2.74. The summed E-state index contributed by atoms with van der Waals surface area (Å²) in [5.41, 5.74) is 5.82. The maximum Gasteiger partial charge on any atom is 0.224 e. The Labute approximate surface area is 80.1 Å². The van der Waals surface area contributed by atoms with Crippen LogP contribution in [0.5, 0.6) is 0 Å². The van der Waals surface area contributed by atoms with Crippen LogP contribution in [0.25, 0.3) is 0 Å². The largest absolute Gasteiger partial charge is 0.356 e. The third-order valence-electron chi connectivity index (χ3n) is 2.74. The van der Waals surface area contributed by atoms with Gasteiger partial charge in [0.15, 0.2) is 0 Å². The van der Waals surface area contributed by atoms with Gasteiger partial charge in [-0.1, -0.05) is 19.8 Å². The van der Waals surface area contributed by atoms with Crippen LogP contribution in [-0.2, 0) is 4.79 Å². The molecule has 1 aliphatic carbocycles. The molecule has 0 aromatic carbocycles. The fourth-order valence-corrected chi connectivity index (χ4v) is 1.83. The molecule has 0 radical (unpaired) electrons. The van der Waals surface area contributed by atoms with E-state index in [4.69, 9.17) is 5.73 Å². The summed E-state index contributed by atoms with van der Waals surface area (Å²) in [6, 6.07) is 0.0987. The average molecular weight is 184 g/mol. The Morgan fingerprint density at radius 1 is 1.54 bits per heavy atom. The van der Waals surface area contributed by atoms with Gasteiger partial charge in [0.1, 0.15) is 0 Å². The second-order valence-electron chi connectivity index (χ2n) is 3.85. The van der Waals surface area contributed by atoms with Crippen LogP contribution < -0.4 is 11.1 Å². The van der Waals surface area contributed by atoms with E-state index in [-0.39, 0.29) is 17.9 Å². The summed E-state index contributed by atoms with van der Waals surface area (Å²) in [5.74, 6) is 0.246. The zero-order valence-corrected chi connectivity index (χ0v) is 8.38. The average Bonchev–Trinajstić information content (AvgIpc) is 2.52. The molecule has 0 aliphatic heterocycles. The first-order chi connectivity index (χ1) is 6.25. The summed E-state index contributed by atoms with van der Waals surface area (Å²) in [4.78, 5) is 11.5. The van der Waals surface area contributed by atoms with Crippen LogP contribution in [0.15, 0.2) is 0 Å². The fourth-order valence-electron chi connectivity index (χ4n) is 1.83. The number of amides is 1. The first-order valence-electron chi connectivity index (χ1n) is 5.29. The van der Waals surface area contributed by atoms with Gasteiger partial charge < -0.3 is 11.1 Å². The van der Waals surface area contributed by atoms with Crippen LogP contribution in [0.2, 0.25) is 0 Å². The van der Waals surface area contributed by atoms with Crippen LogP contribution in [0.4, 0.5) is 0 Å². The molecule has 2 atom stereocenters. The lowest BCUT2D eigenvalue weighted by molar-refractivity contribution is -0.125. The highest BCUT2D eigenvalue weighted by Gasteiger charge is 2.29. The molecule has 2 unspecified atom stereocenters. The van der Waals surface area contributed by atoms with Crippen molar-refractivity contribution in [1.82, 2.24) is 5.32 Å². The van der Waals surface area contributed by atoms with E-state index in [2.05, 4.69) is 12.2 Å². The zero-order valence-electron chi connectivity index (χ0n) is 8.38. The number of hydrogen-bond acceptors (Lipinski definition) is 2. The van der Waals surface area contributed by atoms with Crippen molar-refractivity contribution >= 4 is 5.91 Å². The van der Waals surface area contributed by atoms with Gasteiger partial charge in [0, 0.05) is 12.6 Å². The maximum atomic E-state index is 11.5. The standard InChI is InChI=1S/C10H20N2O/c1-2-3-7-12-10(13)8-5-4-6-9(8)11/h8-9H,2-7,11H2,1H3,(H,12,13). The van der Waals surface area contributed by atoms with Crippen molar-refractivity contribution in [2.45, 2.75) is 45.1 Å². The predicted molar refractivity (Wildman–Crippen MR) is 53.2 cm³/mol. The maximum absolute atomic E-state index is 11.5. The van der Waals surface area contributed by atoms with Crippen molar-refractivity contribution < 1.29 is 4.79 Å². The van der Waals surface area contributed by atoms with Gasteiger partial charge in [-0.2, -0.15) is 0 Å². The first-order valence-corrected chi connectivity index (χ1v) is 5.29. The highest BCUT2D eigenvalue weighted by atomic mass is 16.1. The van der Waals surface area contributed by atoms with Crippen molar-refractivity contribution in [3.63, 3.8) is 0 Å². The van der Waals surface area contributed by atoms with Gasteiger partial charge in [0.2, 0.25) is 5.91 Å². The molecule has 0 aromatic rings. The molecule has 0 heterocycles. The minimum atomic E-state index is 0.0804. The number of carbonyl (C=O) groups is 1. The van der Waals surface area contributed by atoms with E-state index in [1.807, 2.05) is 0 Å². The van der Waals surface area contributed by atoms with Crippen molar-refractivity contribution in [1.29, 1.82) is 0 Å². The molecule has 3 nitrogen and oxygen atoms in total. The Kier molecular flexibility index (Phi) is 4.22. The lowest BCUT2D eigenvalue weighted by atomic mass is 10.0. The molecule has 0 aromatic heterocycles. The minimum Gasteiger partial charge on any atom is -0.356 e. The van der Waals surface area contributed by atoms with Gasteiger partial charge in [-0.3, -0.25) is 4.79 Å². The van der Waals surface area contributed by atoms with Crippen molar-refractivity contribution in [2.24, 2.45) is 11.7 Å². The molecular formula is C10H20N2O. The molecule has 3 heteroatoms. The van der Waals surface area contributed by atoms with Gasteiger partial charge in [-0.05, 0) is 19.3 Å². The Balaban J connectivity index is 2.22. The van der Waals surface area contributed by atoms with Crippen LogP contribution in [0, 0.1) is 5.92 Å². The number of unbranched alkanes of at least 4 members (excludes halogenated alkanes) is 1. The molecule has 13 heavy (non-hydrogen) atoms. The summed E-state index contributed by atoms with van der Waals surface area (Å²) in [7, 11) is 0.